The van der Waals surface area contributed by atoms with Gasteiger partial charge in [0, 0.05) is 11.8 Å². The smallest absolute Gasteiger partial charge is 0.428 e. The molecule has 152 valence electrons. The van der Waals surface area contributed by atoms with Crippen molar-refractivity contribution in [2.24, 2.45) is 0 Å². The summed E-state index contributed by atoms with van der Waals surface area (Å²) in [6, 6.07) is 15.8. The summed E-state index contributed by atoms with van der Waals surface area (Å²) in [5, 5.41) is 3.09. The molecule has 0 heterocycles. The van der Waals surface area contributed by atoms with Crippen molar-refractivity contribution in [3.05, 3.63) is 95.6 Å². The number of halogens is 6. The van der Waals surface area contributed by atoms with Gasteiger partial charge in [-0.3, -0.25) is 0 Å². The van der Waals surface area contributed by atoms with Crippen molar-refractivity contribution in [1.82, 2.24) is 0 Å². The third kappa shape index (κ3) is 5.22. The van der Waals surface area contributed by atoms with E-state index in [1.54, 1.807) is 30.3 Å². The Morgan fingerprint density at radius 2 is 1.41 bits per heavy atom. The number of alkyl halides is 4. The van der Waals surface area contributed by atoms with E-state index in [2.05, 4.69) is 10.1 Å². The number of para-hydroxylation sites is 1. The van der Waals surface area contributed by atoms with Crippen LogP contribution in [0.15, 0.2) is 72.8 Å². The van der Waals surface area contributed by atoms with E-state index < -0.39 is 36.0 Å². The van der Waals surface area contributed by atoms with Gasteiger partial charge in [0.15, 0.2) is 0 Å². The van der Waals surface area contributed by atoms with Crippen molar-refractivity contribution in [3.8, 4) is 5.75 Å². The standard InChI is InChI=1S/C21H15F6NO/c22-15-8-6-13(7-9-15)19(28-17-4-2-1-3-5-17)14-10-16(23)12-18(11-14)29-21(26,27)20(24)25/h1-12,19-20,28H. The molecule has 8 heteroatoms. The first-order chi connectivity index (χ1) is 13.7. The van der Waals surface area contributed by atoms with Gasteiger partial charge in [-0.15, -0.1) is 0 Å². The fraction of sp³-hybridized carbons (Fsp3) is 0.143. The molecule has 0 aliphatic carbocycles. The van der Waals surface area contributed by atoms with Crippen molar-refractivity contribution in [3.63, 3.8) is 0 Å². The van der Waals surface area contributed by atoms with Gasteiger partial charge in [-0.05, 0) is 47.5 Å². The molecule has 1 atom stereocenters. The minimum absolute atomic E-state index is 0.125. The van der Waals surface area contributed by atoms with Crippen LogP contribution in [-0.4, -0.2) is 12.5 Å². The van der Waals surface area contributed by atoms with E-state index in [1.807, 2.05) is 0 Å². The average Bonchev–Trinajstić information content (AvgIpc) is 2.67. The second-order valence-corrected chi connectivity index (χ2v) is 6.18. The van der Waals surface area contributed by atoms with E-state index in [1.165, 1.54) is 24.3 Å². The number of rotatable bonds is 7. The highest BCUT2D eigenvalue weighted by Crippen LogP contribution is 2.33. The molecule has 3 aromatic rings. The zero-order valence-corrected chi connectivity index (χ0v) is 14.8. The highest BCUT2D eigenvalue weighted by molar-refractivity contribution is 5.50. The van der Waals surface area contributed by atoms with Gasteiger partial charge in [-0.1, -0.05) is 30.3 Å². The molecule has 0 aliphatic heterocycles. The number of benzene rings is 3. The first kappa shape index (κ1) is 20.6. The predicted octanol–water partition coefficient (Wildman–Crippen LogP) is 6.40. The lowest BCUT2D eigenvalue weighted by Gasteiger charge is -2.23. The van der Waals surface area contributed by atoms with Crippen LogP contribution in [0, 0.1) is 11.6 Å². The Hall–Kier alpha value is -3.16. The molecule has 0 aromatic heterocycles. The molecule has 3 rings (SSSR count). The van der Waals surface area contributed by atoms with E-state index >= 15 is 0 Å². The Morgan fingerprint density at radius 1 is 0.759 bits per heavy atom. The number of ether oxygens (including phenoxy) is 1. The average molecular weight is 411 g/mol. The fourth-order valence-electron chi connectivity index (χ4n) is 2.73. The van der Waals surface area contributed by atoms with Crippen LogP contribution in [-0.2, 0) is 0 Å². The number of nitrogens with one attached hydrogen (secondary N) is 1. The summed E-state index contributed by atoms with van der Waals surface area (Å²) in [6.45, 7) is 0. The lowest BCUT2D eigenvalue weighted by atomic mass is 9.97. The second-order valence-electron chi connectivity index (χ2n) is 6.18. The van der Waals surface area contributed by atoms with Gasteiger partial charge in [0.1, 0.15) is 17.4 Å². The van der Waals surface area contributed by atoms with Crippen LogP contribution in [0.4, 0.5) is 32.0 Å². The maximum atomic E-state index is 14.1. The number of hydrogen-bond acceptors (Lipinski definition) is 2. The van der Waals surface area contributed by atoms with Gasteiger partial charge >= 0.3 is 12.5 Å². The van der Waals surface area contributed by atoms with Crippen molar-refractivity contribution in [2.45, 2.75) is 18.6 Å². The Labute approximate surface area is 162 Å². The molecule has 0 aliphatic rings. The van der Waals surface area contributed by atoms with E-state index in [4.69, 9.17) is 0 Å². The van der Waals surface area contributed by atoms with Gasteiger partial charge < -0.3 is 10.1 Å². The van der Waals surface area contributed by atoms with Crippen molar-refractivity contribution in [2.75, 3.05) is 5.32 Å². The molecule has 2 nitrogen and oxygen atoms in total. The van der Waals surface area contributed by atoms with E-state index in [0.29, 0.717) is 17.3 Å². The van der Waals surface area contributed by atoms with E-state index in [9.17, 15) is 26.3 Å². The summed E-state index contributed by atoms with van der Waals surface area (Å²) in [5.74, 6) is -2.20. The summed E-state index contributed by atoms with van der Waals surface area (Å²) in [4.78, 5) is 0. The monoisotopic (exact) mass is 411 g/mol. The van der Waals surface area contributed by atoms with Crippen molar-refractivity contribution in [1.29, 1.82) is 0 Å². The van der Waals surface area contributed by atoms with Gasteiger partial charge in [0.05, 0.1) is 6.04 Å². The largest absolute Gasteiger partial charge is 0.461 e. The van der Waals surface area contributed by atoms with Crippen LogP contribution in [0.1, 0.15) is 17.2 Å². The summed E-state index contributed by atoms with van der Waals surface area (Å²) < 4.78 is 82.8. The predicted molar refractivity (Wildman–Crippen MR) is 96.3 cm³/mol. The van der Waals surface area contributed by atoms with Crippen molar-refractivity contribution >= 4 is 5.69 Å². The Kier molecular flexibility index (Phi) is 6.00. The summed E-state index contributed by atoms with van der Waals surface area (Å²) in [7, 11) is 0. The highest BCUT2D eigenvalue weighted by atomic mass is 19.3. The first-order valence-electron chi connectivity index (χ1n) is 8.47. The van der Waals surface area contributed by atoms with Crippen LogP contribution in [0.25, 0.3) is 0 Å². The van der Waals surface area contributed by atoms with Crippen LogP contribution in [0.2, 0.25) is 0 Å². The van der Waals surface area contributed by atoms with Crippen LogP contribution in [0.5, 0.6) is 5.75 Å². The third-order valence-electron chi connectivity index (χ3n) is 4.02. The molecule has 1 unspecified atom stereocenters. The van der Waals surface area contributed by atoms with E-state index in [-0.39, 0.29) is 5.56 Å². The Balaban J connectivity index is 2.01. The first-order valence-corrected chi connectivity index (χ1v) is 8.47. The molecule has 0 amide bonds. The molecule has 0 bridgehead atoms. The maximum absolute atomic E-state index is 14.1. The normalized spacial score (nSPS) is 12.7. The SMILES string of the molecule is Fc1ccc(C(Nc2ccccc2)c2cc(F)cc(OC(F)(F)C(F)F)c2)cc1. The van der Waals surface area contributed by atoms with Crippen LogP contribution < -0.4 is 10.1 Å². The van der Waals surface area contributed by atoms with Gasteiger partial charge in [0.2, 0.25) is 0 Å². The van der Waals surface area contributed by atoms with Gasteiger partial charge in [-0.2, -0.15) is 17.6 Å². The molecule has 0 radical (unpaired) electrons. The summed E-state index contributed by atoms with van der Waals surface area (Å²) in [6.07, 6.45) is -8.85. The van der Waals surface area contributed by atoms with Gasteiger partial charge in [-0.25, -0.2) is 8.78 Å². The lowest BCUT2D eigenvalue weighted by molar-refractivity contribution is -0.253. The minimum atomic E-state index is -4.77. The lowest BCUT2D eigenvalue weighted by Crippen LogP contribution is -2.33. The minimum Gasteiger partial charge on any atom is -0.428 e. The zero-order valence-electron chi connectivity index (χ0n) is 14.8. The summed E-state index contributed by atoms with van der Waals surface area (Å²) >= 11 is 0. The topological polar surface area (TPSA) is 21.3 Å². The second kappa shape index (κ2) is 8.46. The highest BCUT2D eigenvalue weighted by Gasteiger charge is 2.44. The quantitative estimate of drug-likeness (QED) is 0.454. The maximum Gasteiger partial charge on any atom is 0.461 e. The number of anilines is 1. The molecular weight excluding hydrogens is 396 g/mol. The molecule has 29 heavy (non-hydrogen) atoms. The molecular formula is C21H15F6NO. The van der Waals surface area contributed by atoms with Crippen LogP contribution >= 0.6 is 0 Å². The molecule has 0 saturated heterocycles. The fourth-order valence-corrected chi connectivity index (χ4v) is 2.73. The third-order valence-corrected chi connectivity index (χ3v) is 4.02. The molecule has 3 aromatic carbocycles. The Bertz CT molecular complexity index is 947. The molecule has 0 saturated carbocycles. The zero-order chi connectivity index (χ0) is 21.0. The van der Waals surface area contributed by atoms with E-state index in [0.717, 1.165) is 12.1 Å². The molecule has 0 fully saturated rings. The summed E-state index contributed by atoms with van der Waals surface area (Å²) in [5.41, 5.74) is 1.24. The van der Waals surface area contributed by atoms with Gasteiger partial charge in [0.25, 0.3) is 0 Å². The van der Waals surface area contributed by atoms with Crippen molar-refractivity contribution < 1.29 is 31.1 Å². The number of hydrogen-bond donors (Lipinski definition) is 1. The molecule has 1 N–H and O–H groups in total. The Morgan fingerprint density at radius 3 is 2.03 bits per heavy atom. The molecule has 0 spiro atoms. The van der Waals surface area contributed by atoms with Crippen LogP contribution in [0.3, 0.4) is 0 Å².